The average molecular weight is 475 g/mol. The summed E-state index contributed by atoms with van der Waals surface area (Å²) in [6, 6.07) is 7.79. The average Bonchev–Trinajstić information content (AvgIpc) is 3.17. The summed E-state index contributed by atoms with van der Waals surface area (Å²) in [4.78, 5) is 1.80. The molecule has 1 unspecified atom stereocenters. The highest BCUT2D eigenvalue weighted by Gasteiger charge is 2.30. The van der Waals surface area contributed by atoms with E-state index in [1.807, 2.05) is 4.90 Å². The Morgan fingerprint density at radius 2 is 1.80 bits per heavy atom. The van der Waals surface area contributed by atoms with Gasteiger partial charge in [0.2, 0.25) is 10.0 Å². The molecule has 1 saturated heterocycles. The lowest BCUT2D eigenvalue weighted by molar-refractivity contribution is 0.241. The van der Waals surface area contributed by atoms with Crippen molar-refractivity contribution in [3.05, 3.63) is 58.4 Å². The Morgan fingerprint density at radius 3 is 2.40 bits per heavy atom. The van der Waals surface area contributed by atoms with Crippen molar-refractivity contribution >= 4 is 31.5 Å². The predicted molar refractivity (Wildman–Crippen MR) is 114 cm³/mol. The Balaban J connectivity index is 1.94. The maximum atomic E-state index is 14.6. The topological polar surface area (TPSA) is 83.5 Å². The first-order valence-electron chi connectivity index (χ1n) is 9.49. The van der Waals surface area contributed by atoms with E-state index in [1.54, 1.807) is 13.0 Å². The number of benzene rings is 2. The lowest BCUT2D eigenvalue weighted by atomic mass is 10.0. The monoisotopic (exact) mass is 474 g/mol. The molecule has 1 aliphatic rings. The van der Waals surface area contributed by atoms with Gasteiger partial charge in [-0.25, -0.2) is 25.9 Å². The van der Waals surface area contributed by atoms with E-state index < -0.39 is 31.7 Å². The maximum absolute atomic E-state index is 14.6. The van der Waals surface area contributed by atoms with E-state index in [0.29, 0.717) is 18.7 Å². The molecule has 2 aromatic rings. The van der Waals surface area contributed by atoms with Crippen molar-refractivity contribution in [2.45, 2.75) is 35.6 Å². The summed E-state index contributed by atoms with van der Waals surface area (Å²) in [5, 5.41) is 0.237. The van der Waals surface area contributed by atoms with Crippen molar-refractivity contribution in [2.75, 3.05) is 25.9 Å². The Morgan fingerprint density at radius 1 is 1.13 bits per heavy atom. The molecular weight excluding hydrogens is 451 g/mol. The number of nitrogens with one attached hydrogen (secondary N) is 1. The van der Waals surface area contributed by atoms with Gasteiger partial charge in [0.05, 0.1) is 15.8 Å². The van der Waals surface area contributed by atoms with E-state index in [2.05, 4.69) is 4.72 Å². The molecule has 0 radical (unpaired) electrons. The molecule has 2 aromatic carbocycles. The highest BCUT2D eigenvalue weighted by atomic mass is 35.5. The van der Waals surface area contributed by atoms with E-state index in [0.717, 1.165) is 25.2 Å². The molecule has 1 fully saturated rings. The fraction of sp³-hybridized carbons (Fsp3) is 0.400. The molecule has 0 aliphatic carbocycles. The summed E-state index contributed by atoms with van der Waals surface area (Å²) in [7, 11) is -7.61. The maximum Gasteiger partial charge on any atom is 0.240 e. The van der Waals surface area contributed by atoms with Crippen molar-refractivity contribution < 1.29 is 21.2 Å². The Hall–Kier alpha value is -1.52. The van der Waals surface area contributed by atoms with Crippen LogP contribution in [0.25, 0.3) is 0 Å². The summed E-state index contributed by atoms with van der Waals surface area (Å²) in [6.07, 6.45) is 2.89. The Labute approximate surface area is 182 Å². The van der Waals surface area contributed by atoms with Gasteiger partial charge in [0.1, 0.15) is 5.82 Å². The van der Waals surface area contributed by atoms with E-state index in [-0.39, 0.29) is 26.9 Å². The second-order valence-corrected chi connectivity index (χ2v) is 11.6. The molecule has 0 aromatic heterocycles. The number of halogens is 2. The number of nitrogens with zero attached hydrogens (tertiary/aromatic N) is 1. The minimum atomic E-state index is -4.04. The minimum Gasteiger partial charge on any atom is -0.295 e. The summed E-state index contributed by atoms with van der Waals surface area (Å²) in [6.45, 7) is 2.91. The smallest absolute Gasteiger partial charge is 0.240 e. The highest BCUT2D eigenvalue weighted by Crippen LogP contribution is 2.32. The zero-order valence-corrected chi connectivity index (χ0v) is 19.1. The third kappa shape index (κ3) is 5.03. The van der Waals surface area contributed by atoms with E-state index in [4.69, 9.17) is 11.6 Å². The largest absolute Gasteiger partial charge is 0.295 e. The van der Waals surface area contributed by atoms with Crippen LogP contribution in [-0.2, 0) is 19.9 Å². The molecule has 1 heterocycles. The zero-order valence-electron chi connectivity index (χ0n) is 16.7. The van der Waals surface area contributed by atoms with Crippen molar-refractivity contribution in [3.8, 4) is 0 Å². The van der Waals surface area contributed by atoms with Gasteiger partial charge in [0, 0.05) is 23.4 Å². The van der Waals surface area contributed by atoms with Crippen LogP contribution in [0.3, 0.4) is 0 Å². The molecule has 30 heavy (non-hydrogen) atoms. The van der Waals surface area contributed by atoms with Gasteiger partial charge in [0.25, 0.3) is 0 Å². The number of sulfone groups is 1. The first kappa shape index (κ1) is 23.1. The normalized spacial score (nSPS) is 16.7. The molecule has 1 aliphatic heterocycles. The molecule has 10 heteroatoms. The molecule has 0 amide bonds. The van der Waals surface area contributed by atoms with Crippen LogP contribution in [-0.4, -0.2) is 47.6 Å². The van der Waals surface area contributed by atoms with Crippen molar-refractivity contribution in [2.24, 2.45) is 0 Å². The van der Waals surface area contributed by atoms with Crippen LogP contribution in [0.4, 0.5) is 4.39 Å². The van der Waals surface area contributed by atoms with Crippen molar-refractivity contribution in [1.82, 2.24) is 9.62 Å². The van der Waals surface area contributed by atoms with Crippen LogP contribution in [0.5, 0.6) is 0 Å². The summed E-state index contributed by atoms with van der Waals surface area (Å²) in [5.74, 6) is -0.492. The number of hydrogen-bond acceptors (Lipinski definition) is 5. The van der Waals surface area contributed by atoms with Crippen LogP contribution in [0, 0.1) is 12.7 Å². The van der Waals surface area contributed by atoms with Gasteiger partial charge in [-0.2, -0.15) is 0 Å². The number of hydrogen-bond donors (Lipinski definition) is 1. The third-order valence-corrected chi connectivity index (χ3v) is 8.26. The lowest BCUT2D eigenvalue weighted by Crippen LogP contribution is -2.37. The van der Waals surface area contributed by atoms with Crippen molar-refractivity contribution in [1.29, 1.82) is 0 Å². The number of rotatable bonds is 7. The van der Waals surface area contributed by atoms with Crippen LogP contribution < -0.4 is 4.72 Å². The first-order valence-corrected chi connectivity index (χ1v) is 13.2. The molecule has 3 rings (SSSR count). The van der Waals surface area contributed by atoms with Gasteiger partial charge < -0.3 is 0 Å². The van der Waals surface area contributed by atoms with Gasteiger partial charge in [-0.15, -0.1) is 0 Å². The van der Waals surface area contributed by atoms with Gasteiger partial charge in [-0.3, -0.25) is 4.90 Å². The third-order valence-electron chi connectivity index (χ3n) is 5.26. The molecule has 1 N–H and O–H groups in total. The molecular formula is C20H24ClFN2O4S2. The molecule has 1 atom stereocenters. The first-order chi connectivity index (χ1) is 14.0. The summed E-state index contributed by atoms with van der Waals surface area (Å²) < 4.78 is 66.8. The van der Waals surface area contributed by atoms with E-state index >= 15 is 0 Å². The van der Waals surface area contributed by atoms with E-state index in [9.17, 15) is 21.2 Å². The molecule has 0 spiro atoms. The van der Waals surface area contributed by atoms with E-state index in [1.165, 1.54) is 24.3 Å². The second kappa shape index (κ2) is 8.92. The second-order valence-electron chi connectivity index (χ2n) is 7.45. The van der Waals surface area contributed by atoms with Gasteiger partial charge in [-0.1, -0.05) is 23.7 Å². The standard InChI is InChI=1S/C20H24ClFN2O4S2/c1-14-8-9-15(29(2,25)26)12-19(14)30(27,28)23-13-18(24-10-3-4-11-24)20-16(21)6-5-7-17(20)22/h5-9,12,18,23H,3-4,10-11,13H2,1-2H3. The van der Waals surface area contributed by atoms with Crippen LogP contribution in [0.1, 0.15) is 30.0 Å². The van der Waals surface area contributed by atoms with Crippen LogP contribution >= 0.6 is 11.6 Å². The molecule has 164 valence electrons. The van der Waals surface area contributed by atoms with Crippen LogP contribution in [0.2, 0.25) is 5.02 Å². The zero-order chi connectivity index (χ0) is 22.1. The minimum absolute atomic E-state index is 0.0817. The highest BCUT2D eigenvalue weighted by molar-refractivity contribution is 7.91. The SMILES string of the molecule is Cc1ccc(S(C)(=O)=O)cc1S(=O)(=O)NCC(c1c(F)cccc1Cl)N1CCCC1. The fourth-order valence-corrected chi connectivity index (χ4v) is 5.98. The summed E-state index contributed by atoms with van der Waals surface area (Å²) in [5.41, 5.74) is 0.668. The quantitative estimate of drug-likeness (QED) is 0.665. The lowest BCUT2D eigenvalue weighted by Gasteiger charge is -2.29. The van der Waals surface area contributed by atoms with Gasteiger partial charge in [0.15, 0.2) is 9.84 Å². The number of aryl methyl sites for hydroxylation is 1. The number of likely N-dealkylation sites (tertiary alicyclic amines) is 1. The van der Waals surface area contributed by atoms with Gasteiger partial charge in [-0.05, 0) is 62.7 Å². The molecule has 6 nitrogen and oxygen atoms in total. The van der Waals surface area contributed by atoms with Crippen molar-refractivity contribution in [3.63, 3.8) is 0 Å². The van der Waals surface area contributed by atoms with Gasteiger partial charge >= 0.3 is 0 Å². The molecule has 0 saturated carbocycles. The Bertz CT molecular complexity index is 1130. The fourth-order valence-electron chi connectivity index (χ4n) is 3.66. The molecule has 0 bridgehead atoms. The summed E-state index contributed by atoms with van der Waals surface area (Å²) >= 11 is 6.26. The van der Waals surface area contributed by atoms with Crippen LogP contribution in [0.15, 0.2) is 46.2 Å². The Kier molecular flexibility index (Phi) is 6.88. The number of sulfonamides is 1. The predicted octanol–water partition coefficient (Wildman–Crippen LogP) is 3.31.